The minimum Gasteiger partial charge on any atom is -0.443 e. The minimum absolute atomic E-state index is 0.162. The highest BCUT2D eigenvalue weighted by Gasteiger charge is 2.24. The van der Waals surface area contributed by atoms with Gasteiger partial charge in [0.25, 0.3) is 0 Å². The quantitative estimate of drug-likeness (QED) is 0.726. The lowest BCUT2D eigenvalue weighted by Crippen LogP contribution is -2.20. The highest BCUT2D eigenvalue weighted by Crippen LogP contribution is 2.37. The first-order valence-electron chi connectivity index (χ1n) is 7.01. The van der Waals surface area contributed by atoms with E-state index < -0.39 is 0 Å². The molecule has 0 aliphatic carbocycles. The lowest BCUT2D eigenvalue weighted by atomic mass is 10.2. The fraction of sp³-hybridized carbons (Fsp3) is 0.286. The summed E-state index contributed by atoms with van der Waals surface area (Å²) in [6.45, 7) is 1.40. The van der Waals surface area contributed by atoms with E-state index in [0.29, 0.717) is 23.6 Å². The molecule has 23 heavy (non-hydrogen) atoms. The van der Waals surface area contributed by atoms with Crippen LogP contribution >= 0.6 is 22.9 Å². The van der Waals surface area contributed by atoms with Crippen LogP contribution in [0, 0.1) is 0 Å². The molecule has 4 rings (SSSR count). The van der Waals surface area contributed by atoms with Crippen molar-refractivity contribution < 1.29 is 9.52 Å². The summed E-state index contributed by atoms with van der Waals surface area (Å²) in [6.07, 6.45) is 6.80. The fourth-order valence-corrected chi connectivity index (χ4v) is 3.60. The van der Waals surface area contributed by atoms with Gasteiger partial charge in [0.1, 0.15) is 0 Å². The molecule has 0 aromatic carbocycles. The van der Waals surface area contributed by atoms with Crippen molar-refractivity contribution in [2.45, 2.75) is 12.5 Å². The van der Waals surface area contributed by atoms with Crippen molar-refractivity contribution in [1.29, 1.82) is 0 Å². The number of aliphatic hydroxyl groups excluding tert-OH is 1. The van der Waals surface area contributed by atoms with E-state index in [1.807, 2.05) is 0 Å². The van der Waals surface area contributed by atoms with Gasteiger partial charge in [-0.3, -0.25) is 0 Å². The number of hydrogen-bond donors (Lipinski definition) is 1. The van der Waals surface area contributed by atoms with Gasteiger partial charge in [-0.05, 0) is 18.0 Å². The Labute approximate surface area is 140 Å². The van der Waals surface area contributed by atoms with Crippen LogP contribution < -0.4 is 4.90 Å². The van der Waals surface area contributed by atoms with E-state index >= 15 is 0 Å². The lowest BCUT2D eigenvalue weighted by molar-refractivity contribution is 0.198. The molecule has 7 nitrogen and oxygen atoms in total. The molecular formula is C14H12ClN5O2S. The second kappa shape index (κ2) is 5.88. The number of nitrogens with zero attached hydrogens (tertiary/aromatic N) is 5. The summed E-state index contributed by atoms with van der Waals surface area (Å²) in [7, 11) is 0. The van der Waals surface area contributed by atoms with Crippen molar-refractivity contribution in [3.63, 3.8) is 0 Å². The second-order valence-electron chi connectivity index (χ2n) is 5.16. The van der Waals surface area contributed by atoms with Crippen molar-refractivity contribution in [1.82, 2.24) is 19.9 Å². The monoisotopic (exact) mass is 349 g/mol. The Morgan fingerprint density at radius 3 is 2.96 bits per heavy atom. The highest BCUT2D eigenvalue weighted by molar-refractivity contribution is 7.18. The fourth-order valence-electron chi connectivity index (χ4n) is 2.51. The van der Waals surface area contributed by atoms with E-state index in [-0.39, 0.29) is 11.4 Å². The Balaban J connectivity index is 1.73. The predicted molar refractivity (Wildman–Crippen MR) is 86.5 cm³/mol. The van der Waals surface area contributed by atoms with Gasteiger partial charge in [-0.25, -0.2) is 19.9 Å². The maximum atomic E-state index is 9.67. The smallest absolute Gasteiger partial charge is 0.222 e. The van der Waals surface area contributed by atoms with E-state index in [2.05, 4.69) is 24.8 Å². The number of anilines is 1. The number of thiazole rings is 1. The molecule has 1 atom stereocenters. The number of oxazole rings is 1. The number of aromatic nitrogens is 4. The normalized spacial score (nSPS) is 17.8. The Morgan fingerprint density at radius 1 is 1.30 bits per heavy atom. The van der Waals surface area contributed by atoms with Gasteiger partial charge < -0.3 is 14.4 Å². The minimum atomic E-state index is -0.291. The summed E-state index contributed by atoms with van der Waals surface area (Å²) in [6, 6.07) is 0. The average Bonchev–Trinajstić information content (AvgIpc) is 3.28. The van der Waals surface area contributed by atoms with Crippen LogP contribution in [0.2, 0.25) is 5.28 Å². The summed E-state index contributed by atoms with van der Waals surface area (Å²) in [5, 5.41) is 10.7. The molecule has 1 aliphatic heterocycles. The average molecular weight is 350 g/mol. The van der Waals surface area contributed by atoms with Crippen LogP contribution in [0.5, 0.6) is 0 Å². The SMILES string of the molecule is O[C@H]1CCN(c2ncc(-c3nc(Cl)ncc3-c3cnco3)s2)C1. The second-order valence-corrected chi connectivity index (χ2v) is 6.51. The molecule has 0 bridgehead atoms. The van der Waals surface area contributed by atoms with Crippen molar-refractivity contribution >= 4 is 28.1 Å². The largest absolute Gasteiger partial charge is 0.443 e. The molecule has 0 amide bonds. The van der Waals surface area contributed by atoms with Crippen LogP contribution in [-0.4, -0.2) is 44.2 Å². The molecule has 1 saturated heterocycles. The lowest BCUT2D eigenvalue weighted by Gasteiger charge is -2.12. The van der Waals surface area contributed by atoms with E-state index in [1.165, 1.54) is 17.7 Å². The van der Waals surface area contributed by atoms with Gasteiger partial charge in [-0.2, -0.15) is 0 Å². The molecule has 118 valence electrons. The van der Waals surface area contributed by atoms with E-state index in [1.54, 1.807) is 18.6 Å². The van der Waals surface area contributed by atoms with Crippen LogP contribution in [0.3, 0.4) is 0 Å². The van der Waals surface area contributed by atoms with Crippen molar-refractivity contribution in [3.05, 3.63) is 30.3 Å². The van der Waals surface area contributed by atoms with Crippen LogP contribution in [0.15, 0.2) is 29.4 Å². The van der Waals surface area contributed by atoms with Crippen molar-refractivity contribution in [3.8, 4) is 21.9 Å². The zero-order valence-electron chi connectivity index (χ0n) is 11.9. The Kier molecular flexibility index (Phi) is 3.72. The molecule has 3 aromatic heterocycles. The van der Waals surface area contributed by atoms with Crippen LogP contribution in [0.25, 0.3) is 21.9 Å². The van der Waals surface area contributed by atoms with E-state index in [0.717, 1.165) is 23.0 Å². The molecule has 1 fully saturated rings. The summed E-state index contributed by atoms with van der Waals surface area (Å²) in [4.78, 5) is 19.6. The van der Waals surface area contributed by atoms with Crippen molar-refractivity contribution in [2.24, 2.45) is 0 Å². The number of rotatable bonds is 3. The number of aliphatic hydroxyl groups is 1. The molecule has 1 aliphatic rings. The van der Waals surface area contributed by atoms with E-state index in [4.69, 9.17) is 16.0 Å². The maximum absolute atomic E-state index is 9.67. The van der Waals surface area contributed by atoms with Gasteiger partial charge in [-0.1, -0.05) is 11.3 Å². The Bertz CT molecular complexity index is 822. The third-order valence-corrected chi connectivity index (χ3v) is 4.86. The first kappa shape index (κ1) is 14.6. The molecule has 1 N–H and O–H groups in total. The number of β-amino-alcohol motifs (C(OH)–C–C–N with tert-alkyl or cyclic N) is 1. The number of halogens is 1. The van der Waals surface area contributed by atoms with E-state index in [9.17, 15) is 5.11 Å². The summed E-state index contributed by atoms with van der Waals surface area (Å²) >= 11 is 7.45. The van der Waals surface area contributed by atoms with Gasteiger partial charge in [0, 0.05) is 25.5 Å². The van der Waals surface area contributed by atoms with Gasteiger partial charge >= 0.3 is 0 Å². The summed E-state index contributed by atoms with van der Waals surface area (Å²) in [5.74, 6) is 0.572. The van der Waals surface area contributed by atoms with Gasteiger partial charge in [0.2, 0.25) is 5.28 Å². The molecule has 0 radical (unpaired) electrons. The molecule has 9 heteroatoms. The third-order valence-electron chi connectivity index (χ3n) is 3.62. The van der Waals surface area contributed by atoms with Gasteiger partial charge in [0.15, 0.2) is 17.3 Å². The summed E-state index contributed by atoms with van der Waals surface area (Å²) < 4.78 is 5.35. The molecule has 4 heterocycles. The zero-order valence-corrected chi connectivity index (χ0v) is 13.5. The Hall–Kier alpha value is -2.03. The van der Waals surface area contributed by atoms with Crippen LogP contribution in [0.4, 0.5) is 5.13 Å². The number of hydrogen-bond acceptors (Lipinski definition) is 8. The summed E-state index contributed by atoms with van der Waals surface area (Å²) in [5.41, 5.74) is 1.37. The molecule has 0 saturated carbocycles. The third kappa shape index (κ3) is 2.80. The zero-order chi connectivity index (χ0) is 15.8. The molecular weight excluding hydrogens is 338 g/mol. The van der Waals surface area contributed by atoms with Gasteiger partial charge in [-0.15, -0.1) is 0 Å². The van der Waals surface area contributed by atoms with Crippen LogP contribution in [-0.2, 0) is 0 Å². The first-order chi connectivity index (χ1) is 11.2. The molecule has 3 aromatic rings. The standard InChI is InChI=1S/C14H12ClN5O2S/c15-13-17-3-9(10-4-16-7-22-10)12(19-13)11-5-18-14(23-11)20-2-1-8(21)6-20/h3-5,7-8,21H,1-2,6H2/t8-/m0/s1. The highest BCUT2D eigenvalue weighted by atomic mass is 35.5. The van der Waals surface area contributed by atoms with Crippen LogP contribution in [0.1, 0.15) is 6.42 Å². The molecule has 0 unspecified atom stereocenters. The first-order valence-corrected chi connectivity index (χ1v) is 8.21. The maximum Gasteiger partial charge on any atom is 0.222 e. The van der Waals surface area contributed by atoms with Crippen molar-refractivity contribution in [2.75, 3.05) is 18.0 Å². The Morgan fingerprint density at radius 2 is 2.22 bits per heavy atom. The molecule has 0 spiro atoms. The van der Waals surface area contributed by atoms with Gasteiger partial charge in [0.05, 0.1) is 28.4 Å². The predicted octanol–water partition coefficient (Wildman–Crippen LogP) is 2.48. The topological polar surface area (TPSA) is 88.2 Å².